The highest BCUT2D eigenvalue weighted by atomic mass is 16.5. The molecule has 2 N–H and O–H groups in total. The summed E-state index contributed by atoms with van der Waals surface area (Å²) >= 11 is 0. The number of nitrogens with zero attached hydrogens (tertiary/aromatic N) is 3. The Balaban J connectivity index is 2.40. The molecule has 8 heteroatoms. The molecule has 0 bridgehead atoms. The number of carbonyl (C=O) groups is 2. The van der Waals surface area contributed by atoms with Crippen molar-refractivity contribution in [2.24, 2.45) is 0 Å². The zero-order chi connectivity index (χ0) is 12.0. The van der Waals surface area contributed by atoms with Crippen LogP contribution in [0, 0.1) is 0 Å². The fourth-order valence-corrected chi connectivity index (χ4v) is 1.01. The van der Waals surface area contributed by atoms with E-state index in [9.17, 15) is 9.59 Å². The molecule has 0 unspecified atom stereocenters. The molecule has 88 valence electrons. The van der Waals surface area contributed by atoms with E-state index in [1.807, 2.05) is 0 Å². The fraction of sp³-hybridized carbons (Fsp3) is 0.500. The molecule has 1 rings (SSSR count). The van der Waals surface area contributed by atoms with Gasteiger partial charge in [0.2, 0.25) is 5.91 Å². The number of carbonyl (C=O) groups excluding carboxylic acids is 1. The van der Waals surface area contributed by atoms with Gasteiger partial charge in [0, 0.05) is 7.11 Å². The molecule has 1 heterocycles. The molecule has 1 aromatic rings. The van der Waals surface area contributed by atoms with Gasteiger partial charge in [0.15, 0.2) is 0 Å². The van der Waals surface area contributed by atoms with Crippen molar-refractivity contribution in [3.8, 4) is 0 Å². The number of hydrogen-bond acceptors (Lipinski definition) is 5. The summed E-state index contributed by atoms with van der Waals surface area (Å²) < 4.78 is 5.80. The van der Waals surface area contributed by atoms with Gasteiger partial charge in [0.1, 0.15) is 18.8 Å². The molecular weight excluding hydrogens is 216 g/mol. The highest BCUT2D eigenvalue weighted by molar-refractivity contribution is 5.77. The third kappa shape index (κ3) is 4.05. The summed E-state index contributed by atoms with van der Waals surface area (Å²) in [5, 5.41) is 18.3. The van der Waals surface area contributed by atoms with Crippen molar-refractivity contribution in [1.82, 2.24) is 20.3 Å². The molecule has 0 aromatic carbocycles. The van der Waals surface area contributed by atoms with Crippen LogP contribution < -0.4 is 5.32 Å². The largest absolute Gasteiger partial charge is 0.480 e. The van der Waals surface area contributed by atoms with Crippen LogP contribution in [0.4, 0.5) is 0 Å². The molecule has 0 saturated heterocycles. The zero-order valence-electron chi connectivity index (χ0n) is 8.71. The van der Waals surface area contributed by atoms with Gasteiger partial charge in [-0.05, 0) is 0 Å². The molecule has 0 fully saturated rings. The summed E-state index contributed by atoms with van der Waals surface area (Å²) in [6.45, 7) is -0.0793. The van der Waals surface area contributed by atoms with Crippen LogP contribution >= 0.6 is 0 Å². The van der Waals surface area contributed by atoms with Gasteiger partial charge in [-0.15, -0.1) is 5.10 Å². The Hall–Kier alpha value is -1.96. The minimum absolute atomic E-state index is 0.0245. The van der Waals surface area contributed by atoms with Crippen LogP contribution in [0.1, 0.15) is 5.69 Å². The van der Waals surface area contributed by atoms with E-state index in [-0.39, 0.29) is 25.6 Å². The second-order valence-corrected chi connectivity index (χ2v) is 3.01. The van der Waals surface area contributed by atoms with Gasteiger partial charge in [-0.1, -0.05) is 5.21 Å². The van der Waals surface area contributed by atoms with Gasteiger partial charge in [-0.25, -0.2) is 4.68 Å². The number of ether oxygens (including phenoxy) is 1. The van der Waals surface area contributed by atoms with Crippen LogP contribution in [0.2, 0.25) is 0 Å². The highest BCUT2D eigenvalue weighted by Gasteiger charge is 2.05. The Bertz CT molecular complexity index is 376. The number of carboxylic acid groups (broad SMARTS) is 1. The second-order valence-electron chi connectivity index (χ2n) is 3.01. The van der Waals surface area contributed by atoms with Crippen LogP contribution in [0.15, 0.2) is 6.20 Å². The van der Waals surface area contributed by atoms with Crippen molar-refractivity contribution in [3.05, 3.63) is 11.9 Å². The van der Waals surface area contributed by atoms with Crippen LogP contribution in [0.5, 0.6) is 0 Å². The monoisotopic (exact) mass is 228 g/mol. The van der Waals surface area contributed by atoms with E-state index in [0.29, 0.717) is 5.69 Å². The van der Waals surface area contributed by atoms with Gasteiger partial charge in [0.05, 0.1) is 12.7 Å². The van der Waals surface area contributed by atoms with Crippen LogP contribution in [0.25, 0.3) is 0 Å². The molecule has 0 atom stereocenters. The van der Waals surface area contributed by atoms with E-state index in [2.05, 4.69) is 20.4 Å². The highest BCUT2D eigenvalue weighted by Crippen LogP contribution is 1.92. The van der Waals surface area contributed by atoms with Gasteiger partial charge in [-0.2, -0.15) is 0 Å². The maximum atomic E-state index is 11.0. The number of rotatable bonds is 6. The van der Waals surface area contributed by atoms with E-state index in [4.69, 9.17) is 5.11 Å². The first-order valence-electron chi connectivity index (χ1n) is 4.48. The SMILES string of the molecule is COCC(=O)NCc1cn(CC(=O)O)nn1. The molecule has 0 radical (unpaired) electrons. The van der Waals surface area contributed by atoms with Crippen LogP contribution in [-0.2, 0) is 27.4 Å². The molecule has 0 saturated carbocycles. The smallest absolute Gasteiger partial charge is 0.325 e. The van der Waals surface area contributed by atoms with Gasteiger partial charge < -0.3 is 15.2 Å². The van der Waals surface area contributed by atoms with E-state index in [1.54, 1.807) is 0 Å². The summed E-state index contributed by atoms with van der Waals surface area (Å²) in [5.74, 6) is -1.27. The van der Waals surface area contributed by atoms with E-state index in [0.717, 1.165) is 0 Å². The van der Waals surface area contributed by atoms with E-state index < -0.39 is 5.97 Å². The number of hydrogen-bond donors (Lipinski definition) is 2. The first-order chi connectivity index (χ1) is 7.61. The standard InChI is InChI=1S/C8H12N4O4/c1-16-5-7(13)9-2-6-3-12(11-10-6)4-8(14)15/h3H,2,4-5H2,1H3,(H,9,13)(H,14,15). The Kier molecular flexibility index (Phi) is 4.40. The van der Waals surface area contributed by atoms with Gasteiger partial charge in [0.25, 0.3) is 0 Å². The summed E-state index contributed by atoms with van der Waals surface area (Å²) in [6.07, 6.45) is 1.46. The summed E-state index contributed by atoms with van der Waals surface area (Å²) in [5.41, 5.74) is 0.491. The maximum Gasteiger partial charge on any atom is 0.325 e. The molecule has 1 amide bonds. The summed E-state index contributed by atoms with van der Waals surface area (Å²) in [4.78, 5) is 21.4. The number of carboxylic acids is 1. The number of aliphatic carboxylic acids is 1. The maximum absolute atomic E-state index is 11.0. The van der Waals surface area contributed by atoms with Crippen molar-refractivity contribution in [3.63, 3.8) is 0 Å². The van der Waals surface area contributed by atoms with Gasteiger partial charge in [-0.3, -0.25) is 9.59 Å². The van der Waals surface area contributed by atoms with Crippen LogP contribution in [0.3, 0.4) is 0 Å². The Morgan fingerprint density at radius 3 is 3.00 bits per heavy atom. The first kappa shape index (κ1) is 12.1. The average molecular weight is 228 g/mol. The third-order valence-corrected chi connectivity index (χ3v) is 1.63. The lowest BCUT2D eigenvalue weighted by Gasteiger charge is -2.00. The molecule has 0 aliphatic rings. The number of aromatic nitrogens is 3. The minimum atomic E-state index is -1.00. The van der Waals surface area contributed by atoms with E-state index >= 15 is 0 Å². The molecular formula is C8H12N4O4. The van der Waals surface area contributed by atoms with Crippen molar-refractivity contribution in [2.75, 3.05) is 13.7 Å². The van der Waals surface area contributed by atoms with Crippen molar-refractivity contribution < 1.29 is 19.4 Å². The van der Waals surface area contributed by atoms with Crippen molar-refractivity contribution >= 4 is 11.9 Å². The zero-order valence-corrected chi connectivity index (χ0v) is 8.71. The Morgan fingerprint density at radius 1 is 1.62 bits per heavy atom. The number of amides is 1. The molecule has 1 aromatic heterocycles. The molecule has 16 heavy (non-hydrogen) atoms. The summed E-state index contributed by atoms with van der Waals surface area (Å²) in [6, 6.07) is 0. The lowest BCUT2D eigenvalue weighted by atomic mass is 10.4. The fourth-order valence-electron chi connectivity index (χ4n) is 1.01. The number of methoxy groups -OCH3 is 1. The minimum Gasteiger partial charge on any atom is -0.480 e. The quantitative estimate of drug-likeness (QED) is 0.621. The molecule has 0 aliphatic heterocycles. The van der Waals surface area contributed by atoms with Gasteiger partial charge >= 0.3 is 5.97 Å². The summed E-state index contributed by atoms with van der Waals surface area (Å²) in [7, 11) is 1.42. The Morgan fingerprint density at radius 2 is 2.38 bits per heavy atom. The molecule has 8 nitrogen and oxygen atoms in total. The van der Waals surface area contributed by atoms with Crippen molar-refractivity contribution in [2.45, 2.75) is 13.1 Å². The predicted octanol–water partition coefficient (Wildman–Crippen LogP) is -1.37. The lowest BCUT2D eigenvalue weighted by molar-refractivity contribution is -0.138. The lowest BCUT2D eigenvalue weighted by Crippen LogP contribution is -2.26. The van der Waals surface area contributed by atoms with Crippen LogP contribution in [-0.4, -0.2) is 45.7 Å². The molecule has 0 aliphatic carbocycles. The van der Waals surface area contributed by atoms with E-state index in [1.165, 1.54) is 18.0 Å². The topological polar surface area (TPSA) is 106 Å². The second kappa shape index (κ2) is 5.81. The number of nitrogens with one attached hydrogen (secondary N) is 1. The normalized spacial score (nSPS) is 10.1. The third-order valence-electron chi connectivity index (χ3n) is 1.63. The predicted molar refractivity (Wildman–Crippen MR) is 51.4 cm³/mol. The molecule has 0 spiro atoms. The average Bonchev–Trinajstić information content (AvgIpc) is 2.62. The first-order valence-corrected chi connectivity index (χ1v) is 4.48. The Labute approximate surface area is 91.2 Å². The van der Waals surface area contributed by atoms with Crippen molar-refractivity contribution in [1.29, 1.82) is 0 Å².